The highest BCUT2D eigenvalue weighted by molar-refractivity contribution is 6.03. The van der Waals surface area contributed by atoms with Gasteiger partial charge in [-0.3, -0.25) is 9.59 Å². The number of fused-ring (bicyclic) bond motifs is 2. The molecule has 1 fully saturated rings. The van der Waals surface area contributed by atoms with Crippen molar-refractivity contribution in [3.63, 3.8) is 0 Å². The van der Waals surface area contributed by atoms with Crippen LogP contribution in [0.5, 0.6) is 23.0 Å². The molecule has 3 aliphatic rings. The Morgan fingerprint density at radius 2 is 1.71 bits per heavy atom. The summed E-state index contributed by atoms with van der Waals surface area (Å²) in [6.45, 7) is 4.50. The third-order valence-corrected chi connectivity index (χ3v) is 12.5. The molecule has 328 valence electrons. The van der Waals surface area contributed by atoms with Crippen molar-refractivity contribution < 1.29 is 43.6 Å². The molecule has 12 heteroatoms. The van der Waals surface area contributed by atoms with E-state index in [1.54, 1.807) is 60.5 Å². The molecule has 0 radical (unpaired) electrons. The Labute approximate surface area is 369 Å². The lowest BCUT2D eigenvalue weighted by Crippen LogP contribution is -2.69. The molecule has 63 heavy (non-hydrogen) atoms. The number of amides is 1. The molecule has 2 aliphatic carbocycles. The number of unbranched alkanes of at least 4 members (excludes halogenated alkanes) is 2. The summed E-state index contributed by atoms with van der Waals surface area (Å²) in [5.41, 5.74) is 4.60. The molecule has 0 bridgehead atoms. The van der Waals surface area contributed by atoms with E-state index in [-0.39, 0.29) is 56.5 Å². The van der Waals surface area contributed by atoms with Crippen molar-refractivity contribution in [2.45, 2.75) is 69.3 Å². The molecule has 0 aromatic heterocycles. The zero-order chi connectivity index (χ0) is 44.3. The van der Waals surface area contributed by atoms with Gasteiger partial charge in [0, 0.05) is 43.7 Å². The van der Waals surface area contributed by atoms with Gasteiger partial charge in [-0.1, -0.05) is 60.5 Å². The molecule has 1 saturated carbocycles. The second-order valence-corrected chi connectivity index (χ2v) is 16.3. The number of nitriles is 1. The summed E-state index contributed by atoms with van der Waals surface area (Å²) in [5, 5.41) is 34.3. The van der Waals surface area contributed by atoms with Crippen molar-refractivity contribution in [3.8, 4) is 29.1 Å². The number of hydrogen-bond acceptors (Lipinski definition) is 11. The van der Waals surface area contributed by atoms with Gasteiger partial charge in [0.15, 0.2) is 6.29 Å². The van der Waals surface area contributed by atoms with Gasteiger partial charge in [-0.2, -0.15) is 5.26 Å². The van der Waals surface area contributed by atoms with E-state index in [9.17, 15) is 25.1 Å². The van der Waals surface area contributed by atoms with Crippen molar-refractivity contribution in [2.24, 2.45) is 22.9 Å². The van der Waals surface area contributed by atoms with Crippen molar-refractivity contribution >= 4 is 17.9 Å². The summed E-state index contributed by atoms with van der Waals surface area (Å²) >= 11 is 0. The van der Waals surface area contributed by atoms with E-state index in [4.69, 9.17) is 28.9 Å². The summed E-state index contributed by atoms with van der Waals surface area (Å²) in [7, 11) is 3.25. The molecule has 4 aromatic rings. The van der Waals surface area contributed by atoms with E-state index in [1.807, 2.05) is 48.5 Å². The lowest BCUT2D eigenvalue weighted by atomic mass is 9.55. The topological polar surface area (TPSA) is 160 Å². The summed E-state index contributed by atoms with van der Waals surface area (Å²) in [6, 6.07) is 28.5. The Bertz CT molecular complexity index is 2340. The molecular formula is C51H55N3O9. The monoisotopic (exact) mass is 853 g/mol. The van der Waals surface area contributed by atoms with Crippen LogP contribution in [0.1, 0.15) is 88.3 Å². The van der Waals surface area contributed by atoms with Gasteiger partial charge in [-0.05, 0) is 109 Å². The second-order valence-electron chi connectivity index (χ2n) is 16.3. The van der Waals surface area contributed by atoms with Crippen molar-refractivity contribution in [3.05, 3.63) is 143 Å². The van der Waals surface area contributed by atoms with E-state index in [1.165, 1.54) is 7.11 Å². The fourth-order valence-corrected chi connectivity index (χ4v) is 9.59. The van der Waals surface area contributed by atoms with Crippen LogP contribution < -0.4 is 14.2 Å². The van der Waals surface area contributed by atoms with Gasteiger partial charge in [-0.15, -0.1) is 6.58 Å². The van der Waals surface area contributed by atoms with Crippen LogP contribution >= 0.6 is 0 Å². The summed E-state index contributed by atoms with van der Waals surface area (Å²) in [5.74, 6) is -0.511. The molecule has 6 atom stereocenters. The highest BCUT2D eigenvalue weighted by atomic mass is 16.7. The lowest BCUT2D eigenvalue weighted by Gasteiger charge is -2.59. The molecule has 1 aliphatic heterocycles. The molecule has 7 rings (SSSR count). The van der Waals surface area contributed by atoms with E-state index in [0.29, 0.717) is 58.2 Å². The zero-order valence-electron chi connectivity index (χ0n) is 35.9. The van der Waals surface area contributed by atoms with Crippen LogP contribution in [0.3, 0.4) is 0 Å². The fourth-order valence-electron chi connectivity index (χ4n) is 9.59. The molecule has 4 aromatic carbocycles. The number of ether oxygens (including phenoxy) is 4. The van der Waals surface area contributed by atoms with Crippen LogP contribution in [0.4, 0.5) is 0 Å². The molecule has 2 N–H and O–H groups in total. The number of benzene rings is 4. The number of aldehydes is 1. The normalized spacial score (nSPS) is 22.6. The maximum Gasteiger partial charge on any atom is 0.254 e. The van der Waals surface area contributed by atoms with Crippen molar-refractivity contribution in [2.75, 3.05) is 34.0 Å². The van der Waals surface area contributed by atoms with Gasteiger partial charge >= 0.3 is 0 Å². The Morgan fingerprint density at radius 3 is 2.41 bits per heavy atom. The average molecular weight is 854 g/mol. The molecule has 0 saturated heterocycles. The predicted octanol–water partition coefficient (Wildman–Crippen LogP) is 8.78. The van der Waals surface area contributed by atoms with E-state index >= 15 is 0 Å². The van der Waals surface area contributed by atoms with E-state index < -0.39 is 17.7 Å². The molecular weight excluding hydrogens is 799 g/mol. The van der Waals surface area contributed by atoms with Crippen molar-refractivity contribution in [1.82, 2.24) is 4.90 Å². The number of carbonyl (C=O) groups is 2. The third kappa shape index (κ3) is 9.56. The third-order valence-electron chi connectivity index (χ3n) is 12.5. The molecule has 6 unspecified atom stereocenters. The Balaban J connectivity index is 1.42. The number of carbonyl (C=O) groups excluding carboxylic acids is 2. The largest absolute Gasteiger partial charge is 0.496 e. The number of hydrogen-bond donors (Lipinski definition) is 2. The van der Waals surface area contributed by atoms with Crippen LogP contribution in [0.15, 0.2) is 120 Å². The zero-order valence-corrected chi connectivity index (χ0v) is 35.9. The summed E-state index contributed by atoms with van der Waals surface area (Å²) in [6.07, 6.45) is 9.32. The van der Waals surface area contributed by atoms with Gasteiger partial charge in [0.2, 0.25) is 5.79 Å². The highest BCUT2D eigenvalue weighted by Crippen LogP contribution is 2.62. The maximum absolute atomic E-state index is 14.6. The van der Waals surface area contributed by atoms with Gasteiger partial charge in [0.25, 0.3) is 5.91 Å². The molecule has 0 spiro atoms. The summed E-state index contributed by atoms with van der Waals surface area (Å²) < 4.78 is 26.1. The number of aliphatic hydroxyl groups excluding tert-OH is 2. The van der Waals surface area contributed by atoms with Crippen LogP contribution in [-0.4, -0.2) is 78.8 Å². The average Bonchev–Trinajstić information content (AvgIpc) is 3.32. The number of likely N-dealkylation sites (N-methyl/N-ethyl adjacent to an activating group) is 1. The van der Waals surface area contributed by atoms with Crippen LogP contribution in [0, 0.1) is 29.1 Å². The molecule has 12 nitrogen and oxygen atoms in total. The van der Waals surface area contributed by atoms with Crippen molar-refractivity contribution in [1.29, 1.82) is 5.26 Å². The van der Waals surface area contributed by atoms with Crippen LogP contribution in [0.2, 0.25) is 0 Å². The first-order chi connectivity index (χ1) is 30.8. The minimum Gasteiger partial charge on any atom is -0.496 e. The minimum atomic E-state index is -1.45. The quantitative estimate of drug-likeness (QED) is 0.0381. The Kier molecular flexibility index (Phi) is 14.7. The smallest absolute Gasteiger partial charge is 0.254 e. The van der Waals surface area contributed by atoms with Crippen LogP contribution in [-0.2, 0) is 16.2 Å². The van der Waals surface area contributed by atoms with E-state index in [2.05, 4.69) is 18.7 Å². The maximum atomic E-state index is 14.6. The molecule has 1 heterocycles. The minimum absolute atomic E-state index is 0.000946. The first-order valence-electron chi connectivity index (χ1n) is 21.6. The van der Waals surface area contributed by atoms with E-state index in [0.717, 1.165) is 48.7 Å². The number of oxime groups is 1. The number of nitrogens with zero attached hydrogens (tertiary/aromatic N) is 3. The number of aliphatic hydroxyl groups is 2. The number of rotatable bonds is 20. The second kappa shape index (κ2) is 20.7. The van der Waals surface area contributed by atoms with Crippen LogP contribution in [0.25, 0.3) is 0 Å². The van der Waals surface area contributed by atoms with Gasteiger partial charge < -0.3 is 38.9 Å². The molecule has 1 amide bonds. The number of methoxy groups -OCH3 is 1. The Hall–Kier alpha value is -6.26. The number of allylic oxidation sites excluding steroid dienone is 1. The summed E-state index contributed by atoms with van der Waals surface area (Å²) in [4.78, 5) is 34.4. The SMILES string of the molecule is C=CCOC12Oc3ccc(Oc4ccc(OC)c(C=O)c4)cc3C3C(CCCCO)C(CCCCO)C=C(C(=NOCc4ccccc4)CC1N(C)C(=O)c1ccc(C#N)cc1)C32. The first-order valence-corrected chi connectivity index (χ1v) is 21.6. The Morgan fingerprint density at radius 1 is 0.984 bits per heavy atom. The lowest BCUT2D eigenvalue weighted by molar-refractivity contribution is -0.252. The van der Waals surface area contributed by atoms with Gasteiger partial charge in [-0.25, -0.2) is 0 Å². The standard InChI is InChI=1S/C51H55N3O9/c1-4-26-60-51-47(54(2)50(58)36-18-16-34(31-52)17-19-36)30-44(53-61-33-35-12-6-5-7-13-35)42-28-37(14-8-10-24-55)41(15-9-11-25-56)48(49(42)51)43-29-40(21-23-46(43)63-51)62-39-20-22-45(59-3)38(27-39)32-57/h4-7,12-13,16-23,27-29,32,37,41,47-49,55-56H,1,8-11,14-15,24-26,30,33H2,2-3H3. The fraction of sp³-hybridized carbons (Fsp3) is 0.373. The van der Waals surface area contributed by atoms with Gasteiger partial charge in [0.05, 0.1) is 42.5 Å². The first kappa shape index (κ1) is 44.8. The predicted molar refractivity (Wildman–Crippen MR) is 238 cm³/mol. The highest BCUT2D eigenvalue weighted by Gasteiger charge is 2.65. The van der Waals surface area contributed by atoms with Gasteiger partial charge in [0.1, 0.15) is 35.6 Å².